The Hall–Kier alpha value is -3.54. The average molecular weight is 503 g/mol. The summed E-state index contributed by atoms with van der Waals surface area (Å²) in [6, 6.07) is 9.06. The van der Waals surface area contributed by atoms with E-state index >= 15 is 0 Å². The molecule has 0 bridgehead atoms. The van der Waals surface area contributed by atoms with Crippen molar-refractivity contribution in [3.63, 3.8) is 0 Å². The highest BCUT2D eigenvalue weighted by atomic mass is 35.5. The number of nitrogens with zero attached hydrogens (tertiary/aromatic N) is 4. The Morgan fingerprint density at radius 2 is 2.00 bits per heavy atom. The fourth-order valence-electron chi connectivity index (χ4n) is 3.00. The topological polar surface area (TPSA) is 116 Å². The van der Waals surface area contributed by atoms with Gasteiger partial charge >= 0.3 is 0 Å². The number of carbonyl (C=O) groups is 1. The van der Waals surface area contributed by atoms with E-state index in [0.717, 1.165) is 24.0 Å². The Morgan fingerprint density at radius 3 is 2.69 bits per heavy atom. The molecule has 0 fully saturated rings. The van der Waals surface area contributed by atoms with Gasteiger partial charge in [0.1, 0.15) is 5.69 Å². The van der Waals surface area contributed by atoms with Gasteiger partial charge in [-0.1, -0.05) is 17.7 Å². The quantitative estimate of drug-likeness (QED) is 0.217. The minimum atomic E-state index is -0.615. The summed E-state index contributed by atoms with van der Waals surface area (Å²) in [5, 5.41) is 6.58. The summed E-state index contributed by atoms with van der Waals surface area (Å²) in [6.07, 6.45) is 2.52. The zero-order chi connectivity index (χ0) is 25.2. The van der Waals surface area contributed by atoms with E-state index in [1.807, 2.05) is 39.2 Å². The highest BCUT2D eigenvalue weighted by molar-refractivity contribution is 6.33. The van der Waals surface area contributed by atoms with Crippen LogP contribution in [0.15, 0.2) is 42.7 Å². The van der Waals surface area contributed by atoms with E-state index in [4.69, 9.17) is 16.3 Å². The molecule has 1 amide bonds. The van der Waals surface area contributed by atoms with Crippen LogP contribution in [0.5, 0.6) is 0 Å². The summed E-state index contributed by atoms with van der Waals surface area (Å²) >= 11 is 6.39. The number of anilines is 4. The van der Waals surface area contributed by atoms with E-state index < -0.39 is 11.7 Å². The second-order valence-electron chi connectivity index (χ2n) is 7.70. The first-order valence-corrected chi connectivity index (χ1v) is 11.3. The molecule has 2 aromatic heterocycles. The minimum Gasteiger partial charge on any atom is -0.380 e. The Kier molecular flexibility index (Phi) is 9.53. The number of aromatic nitrogens is 3. The van der Waals surface area contributed by atoms with Crippen LogP contribution in [0.25, 0.3) is 0 Å². The van der Waals surface area contributed by atoms with E-state index in [2.05, 4.69) is 41.3 Å². The van der Waals surface area contributed by atoms with Crippen molar-refractivity contribution in [2.24, 2.45) is 0 Å². The molecular formula is C23H28ClFN8O2. The number of rotatable bonds is 12. The van der Waals surface area contributed by atoms with Crippen molar-refractivity contribution in [1.82, 2.24) is 25.3 Å². The number of carbonyl (C=O) groups excluding carboxylic acids is 1. The fraction of sp³-hybridized carbons (Fsp3) is 0.304. The molecular weight excluding hydrogens is 475 g/mol. The number of pyridine rings is 1. The molecule has 2 heterocycles. The molecule has 186 valence electrons. The van der Waals surface area contributed by atoms with E-state index in [9.17, 15) is 9.18 Å². The second-order valence-corrected chi connectivity index (χ2v) is 8.11. The van der Waals surface area contributed by atoms with Crippen molar-refractivity contribution in [3.8, 4) is 0 Å². The van der Waals surface area contributed by atoms with Crippen LogP contribution in [-0.2, 0) is 11.3 Å². The maximum absolute atomic E-state index is 13.9. The van der Waals surface area contributed by atoms with Crippen LogP contribution >= 0.6 is 11.6 Å². The number of nitrogens with one attached hydrogen (secondary N) is 4. The van der Waals surface area contributed by atoms with Gasteiger partial charge < -0.3 is 20.3 Å². The predicted molar refractivity (Wildman–Crippen MR) is 134 cm³/mol. The lowest BCUT2D eigenvalue weighted by molar-refractivity contribution is 0.0957. The Bertz CT molecular complexity index is 1130. The zero-order valence-electron chi connectivity index (χ0n) is 19.7. The van der Waals surface area contributed by atoms with E-state index in [1.165, 1.54) is 6.20 Å². The lowest BCUT2D eigenvalue weighted by Gasteiger charge is -2.13. The molecule has 0 spiro atoms. The molecule has 10 nitrogen and oxygen atoms in total. The number of hydrogen-bond acceptors (Lipinski definition) is 9. The van der Waals surface area contributed by atoms with Crippen LogP contribution in [0, 0.1) is 5.82 Å². The third kappa shape index (κ3) is 8.02. The monoisotopic (exact) mass is 502 g/mol. The molecule has 35 heavy (non-hydrogen) atoms. The van der Waals surface area contributed by atoms with Crippen molar-refractivity contribution >= 4 is 40.6 Å². The molecule has 3 rings (SSSR count). The summed E-state index contributed by atoms with van der Waals surface area (Å²) in [5.41, 5.74) is 7.66. The van der Waals surface area contributed by atoms with Gasteiger partial charge in [-0.2, -0.15) is 4.98 Å². The SMILES string of the molecule is CCOCCNc1nc(NNC(=O)c2ccc(Nc3ccc(CN(C)C)cc3Cl)cn2)ncc1F. The average Bonchev–Trinajstić information content (AvgIpc) is 2.83. The summed E-state index contributed by atoms with van der Waals surface area (Å²) < 4.78 is 19.1. The second kappa shape index (κ2) is 12.8. The first-order valence-electron chi connectivity index (χ1n) is 10.9. The lowest BCUT2D eigenvalue weighted by Crippen LogP contribution is -2.31. The van der Waals surface area contributed by atoms with Crippen LogP contribution in [0.1, 0.15) is 23.0 Å². The zero-order valence-corrected chi connectivity index (χ0v) is 20.5. The molecule has 0 saturated heterocycles. The molecule has 0 saturated carbocycles. The predicted octanol–water partition coefficient (Wildman–Crippen LogP) is 3.67. The highest BCUT2D eigenvalue weighted by Crippen LogP contribution is 2.26. The summed E-state index contributed by atoms with van der Waals surface area (Å²) in [6.45, 7) is 4.01. The first-order chi connectivity index (χ1) is 16.9. The van der Waals surface area contributed by atoms with Crippen molar-refractivity contribution < 1.29 is 13.9 Å². The number of hydrazine groups is 1. The van der Waals surface area contributed by atoms with Gasteiger partial charge in [-0.05, 0) is 50.8 Å². The van der Waals surface area contributed by atoms with E-state index in [-0.39, 0.29) is 17.5 Å². The standard InChI is InChI=1S/C23H28ClFN8O2/c1-4-35-10-9-26-21-18(25)13-28-23(30-21)32-31-22(34)20-8-6-16(12-27-20)29-19-7-5-15(11-17(19)24)14-33(2)3/h5-8,11-13,29H,4,9-10,14H2,1-3H3,(H,31,34)(H2,26,28,30,32). The highest BCUT2D eigenvalue weighted by Gasteiger charge is 2.11. The van der Waals surface area contributed by atoms with Crippen LogP contribution in [0.4, 0.5) is 27.5 Å². The van der Waals surface area contributed by atoms with E-state index in [0.29, 0.717) is 30.5 Å². The number of ether oxygens (including phenoxy) is 1. The fourth-order valence-corrected chi connectivity index (χ4v) is 3.25. The van der Waals surface area contributed by atoms with Crippen molar-refractivity contribution in [2.45, 2.75) is 13.5 Å². The number of amides is 1. The first kappa shape index (κ1) is 26.1. The molecule has 0 radical (unpaired) electrons. The van der Waals surface area contributed by atoms with E-state index in [1.54, 1.807) is 12.1 Å². The van der Waals surface area contributed by atoms with Crippen molar-refractivity contribution in [3.05, 3.63) is 64.8 Å². The van der Waals surface area contributed by atoms with Gasteiger partial charge in [0.25, 0.3) is 5.91 Å². The van der Waals surface area contributed by atoms with Gasteiger partial charge in [-0.15, -0.1) is 0 Å². The lowest BCUT2D eigenvalue weighted by atomic mass is 10.2. The molecule has 3 aromatic rings. The van der Waals surface area contributed by atoms with Crippen LogP contribution in [0.3, 0.4) is 0 Å². The van der Waals surface area contributed by atoms with Gasteiger partial charge in [-0.25, -0.2) is 14.4 Å². The molecule has 0 aliphatic heterocycles. The largest absolute Gasteiger partial charge is 0.380 e. The Morgan fingerprint density at radius 1 is 1.17 bits per heavy atom. The normalized spacial score (nSPS) is 10.8. The molecule has 0 aliphatic carbocycles. The number of benzene rings is 1. The molecule has 0 unspecified atom stereocenters. The Labute approximate surface area is 208 Å². The van der Waals surface area contributed by atoms with Gasteiger partial charge in [0.2, 0.25) is 5.95 Å². The number of halogens is 2. The summed E-state index contributed by atoms with van der Waals surface area (Å²) in [7, 11) is 3.98. The van der Waals surface area contributed by atoms with Crippen LogP contribution < -0.4 is 21.5 Å². The third-order valence-corrected chi connectivity index (χ3v) is 4.90. The van der Waals surface area contributed by atoms with Gasteiger partial charge in [0.15, 0.2) is 11.6 Å². The molecule has 12 heteroatoms. The minimum absolute atomic E-state index is 0.00147. The summed E-state index contributed by atoms with van der Waals surface area (Å²) in [5.74, 6) is -1.11. The van der Waals surface area contributed by atoms with Crippen molar-refractivity contribution in [1.29, 1.82) is 0 Å². The maximum Gasteiger partial charge on any atom is 0.288 e. The summed E-state index contributed by atoms with van der Waals surface area (Å²) in [4.78, 5) is 26.5. The van der Waals surface area contributed by atoms with Gasteiger partial charge in [0.05, 0.1) is 35.4 Å². The smallest absolute Gasteiger partial charge is 0.288 e. The van der Waals surface area contributed by atoms with Crippen LogP contribution in [0.2, 0.25) is 5.02 Å². The number of hydrogen-bond donors (Lipinski definition) is 4. The van der Waals surface area contributed by atoms with Crippen LogP contribution in [-0.4, -0.2) is 59.6 Å². The van der Waals surface area contributed by atoms with Crippen molar-refractivity contribution in [2.75, 3.05) is 49.9 Å². The molecule has 0 aliphatic rings. The third-order valence-electron chi connectivity index (χ3n) is 4.58. The maximum atomic E-state index is 13.9. The molecule has 1 aromatic carbocycles. The van der Waals surface area contributed by atoms with Gasteiger partial charge in [0, 0.05) is 19.7 Å². The molecule has 4 N–H and O–H groups in total. The Balaban J connectivity index is 1.55. The van der Waals surface area contributed by atoms with Gasteiger partial charge in [-0.3, -0.25) is 15.6 Å². The molecule has 0 atom stereocenters.